The van der Waals surface area contributed by atoms with Gasteiger partial charge in [0.05, 0.1) is 31.5 Å². The molecule has 2 aromatic carbocycles. The van der Waals surface area contributed by atoms with Crippen molar-refractivity contribution in [1.82, 2.24) is 4.98 Å². The second-order valence-electron chi connectivity index (χ2n) is 7.43. The minimum Gasteiger partial charge on any atom is -0.507 e. The summed E-state index contributed by atoms with van der Waals surface area (Å²) < 4.78 is 24.1. The average Bonchev–Trinajstić information content (AvgIpc) is 3.28. The smallest absolute Gasteiger partial charge is 0.301 e. The Morgan fingerprint density at radius 1 is 1.06 bits per heavy atom. The number of ether oxygens (including phenoxy) is 2. The molecular formula is C24H21FN2O5S. The number of rotatable bonds is 5. The number of aliphatic hydroxyl groups is 1. The van der Waals surface area contributed by atoms with Crippen molar-refractivity contribution >= 4 is 33.9 Å². The summed E-state index contributed by atoms with van der Waals surface area (Å²) >= 11 is 1.28. The van der Waals surface area contributed by atoms with E-state index >= 15 is 0 Å². The Morgan fingerprint density at radius 3 is 2.30 bits per heavy atom. The summed E-state index contributed by atoms with van der Waals surface area (Å²) in [6.07, 6.45) is 0. The van der Waals surface area contributed by atoms with Crippen LogP contribution < -0.4 is 14.4 Å². The third-order valence-electron chi connectivity index (χ3n) is 5.51. The minimum absolute atomic E-state index is 0.121. The van der Waals surface area contributed by atoms with Gasteiger partial charge in [-0.25, -0.2) is 9.37 Å². The fraction of sp³-hybridized carbons (Fsp3) is 0.208. The molecule has 1 amide bonds. The maximum absolute atomic E-state index is 13.4. The number of hydrogen-bond donors (Lipinski definition) is 1. The van der Waals surface area contributed by atoms with Gasteiger partial charge in [-0.05, 0) is 55.8 Å². The molecular weight excluding hydrogens is 447 g/mol. The highest BCUT2D eigenvalue weighted by Crippen LogP contribution is 2.45. The average molecular weight is 469 g/mol. The molecule has 0 radical (unpaired) electrons. The molecule has 0 bridgehead atoms. The maximum Gasteiger partial charge on any atom is 0.301 e. The number of aromatic nitrogens is 1. The molecule has 9 heteroatoms. The maximum atomic E-state index is 13.4. The summed E-state index contributed by atoms with van der Waals surface area (Å²) in [5.74, 6) is -1.70. The Balaban J connectivity index is 1.97. The number of Topliss-reactive ketones (excluding diaryl/α,β-unsaturated/α-hetero) is 1. The summed E-state index contributed by atoms with van der Waals surface area (Å²) in [5, 5.41) is 11.4. The summed E-state index contributed by atoms with van der Waals surface area (Å²) in [6.45, 7) is 3.69. The highest BCUT2D eigenvalue weighted by molar-refractivity contribution is 7.16. The molecule has 1 aliphatic heterocycles. The van der Waals surface area contributed by atoms with E-state index in [9.17, 15) is 19.1 Å². The number of ketones is 1. The fourth-order valence-electron chi connectivity index (χ4n) is 3.69. The van der Waals surface area contributed by atoms with Gasteiger partial charge < -0.3 is 14.6 Å². The van der Waals surface area contributed by atoms with Crippen molar-refractivity contribution in [2.24, 2.45) is 0 Å². The van der Waals surface area contributed by atoms with Gasteiger partial charge >= 0.3 is 5.91 Å². The highest BCUT2D eigenvalue weighted by atomic mass is 32.1. The monoisotopic (exact) mass is 468 g/mol. The Morgan fingerprint density at radius 2 is 1.73 bits per heavy atom. The largest absolute Gasteiger partial charge is 0.507 e. The third-order valence-corrected chi connectivity index (χ3v) is 6.58. The molecule has 0 spiro atoms. The van der Waals surface area contributed by atoms with E-state index in [-0.39, 0.29) is 11.1 Å². The van der Waals surface area contributed by atoms with Gasteiger partial charge in [-0.1, -0.05) is 6.07 Å². The normalized spacial score (nSPS) is 17.5. The first-order chi connectivity index (χ1) is 15.8. The van der Waals surface area contributed by atoms with Crippen LogP contribution in [0.25, 0.3) is 5.76 Å². The second-order valence-corrected chi connectivity index (χ2v) is 8.61. The van der Waals surface area contributed by atoms with Crippen molar-refractivity contribution in [3.05, 3.63) is 75.6 Å². The van der Waals surface area contributed by atoms with Gasteiger partial charge in [0.1, 0.15) is 11.6 Å². The van der Waals surface area contributed by atoms with Crippen molar-refractivity contribution in [2.75, 3.05) is 19.1 Å². The SMILES string of the molecule is COc1ccc(C2C(=C(O)c3ccc(F)cc3)C(=O)C(=O)N2c2nc(C)c(C)s2)cc1OC. The molecule has 0 saturated carbocycles. The summed E-state index contributed by atoms with van der Waals surface area (Å²) in [6, 6.07) is 9.06. The number of hydrogen-bond acceptors (Lipinski definition) is 7. The number of thiazole rings is 1. The van der Waals surface area contributed by atoms with E-state index in [2.05, 4.69) is 4.98 Å². The quantitative estimate of drug-likeness (QED) is 0.336. The highest BCUT2D eigenvalue weighted by Gasteiger charge is 2.48. The number of aryl methyl sites for hydroxylation is 2. The van der Waals surface area contributed by atoms with Crippen LogP contribution in [-0.4, -0.2) is 36.0 Å². The zero-order valence-corrected chi connectivity index (χ0v) is 19.2. The second kappa shape index (κ2) is 8.67. The first-order valence-electron chi connectivity index (χ1n) is 9.99. The number of methoxy groups -OCH3 is 2. The van der Waals surface area contributed by atoms with Crippen LogP contribution in [0.15, 0.2) is 48.0 Å². The van der Waals surface area contributed by atoms with Crippen LogP contribution in [-0.2, 0) is 9.59 Å². The van der Waals surface area contributed by atoms with Crippen LogP contribution in [0.4, 0.5) is 9.52 Å². The van der Waals surface area contributed by atoms with Gasteiger partial charge in [-0.2, -0.15) is 0 Å². The molecule has 1 fully saturated rings. The lowest BCUT2D eigenvalue weighted by Gasteiger charge is -2.23. The van der Waals surface area contributed by atoms with Gasteiger partial charge in [0, 0.05) is 10.4 Å². The molecule has 1 aliphatic rings. The van der Waals surface area contributed by atoms with Crippen molar-refractivity contribution in [1.29, 1.82) is 0 Å². The van der Waals surface area contributed by atoms with E-state index in [4.69, 9.17) is 9.47 Å². The van der Waals surface area contributed by atoms with Gasteiger partial charge in [-0.15, -0.1) is 11.3 Å². The number of benzene rings is 2. The van der Waals surface area contributed by atoms with E-state index in [1.165, 1.54) is 54.7 Å². The zero-order valence-electron chi connectivity index (χ0n) is 18.4. The van der Waals surface area contributed by atoms with Gasteiger partial charge in [0.2, 0.25) is 0 Å². The number of nitrogens with zero attached hydrogens (tertiary/aromatic N) is 2. The summed E-state index contributed by atoms with van der Waals surface area (Å²) in [5.41, 5.74) is 1.35. The zero-order chi connectivity index (χ0) is 23.9. The van der Waals surface area contributed by atoms with Crippen LogP contribution in [0.2, 0.25) is 0 Å². The Labute approximate surface area is 193 Å². The first-order valence-corrected chi connectivity index (χ1v) is 10.8. The van der Waals surface area contributed by atoms with Crippen molar-refractivity contribution in [2.45, 2.75) is 19.9 Å². The van der Waals surface area contributed by atoms with E-state index in [0.29, 0.717) is 22.2 Å². The number of anilines is 1. The predicted octanol–water partition coefficient (Wildman–Crippen LogP) is 4.54. The van der Waals surface area contributed by atoms with Gasteiger partial charge in [-0.3, -0.25) is 14.5 Å². The molecule has 4 rings (SSSR count). The molecule has 170 valence electrons. The minimum atomic E-state index is -0.972. The van der Waals surface area contributed by atoms with Crippen molar-refractivity contribution < 1.29 is 28.6 Å². The van der Waals surface area contributed by atoms with Crippen LogP contribution in [0.5, 0.6) is 11.5 Å². The number of halogens is 1. The molecule has 1 N–H and O–H groups in total. The van der Waals surface area contributed by atoms with Gasteiger partial charge in [0.25, 0.3) is 5.78 Å². The summed E-state index contributed by atoms with van der Waals surface area (Å²) in [7, 11) is 2.98. The standard InChI is InChI=1S/C24H21FN2O5S/c1-12-13(2)33-24(26-12)27-20(15-7-10-17(31-3)18(11-15)32-4)19(22(29)23(27)30)21(28)14-5-8-16(25)9-6-14/h5-11,20,28H,1-4H3. The molecule has 3 aromatic rings. The van der Waals surface area contributed by atoms with Crippen molar-refractivity contribution in [3.8, 4) is 11.5 Å². The molecule has 1 atom stereocenters. The van der Waals surface area contributed by atoms with Crippen LogP contribution in [0, 0.1) is 19.7 Å². The van der Waals surface area contributed by atoms with Crippen LogP contribution in [0.1, 0.15) is 27.7 Å². The molecule has 7 nitrogen and oxygen atoms in total. The lowest BCUT2D eigenvalue weighted by Crippen LogP contribution is -2.29. The topological polar surface area (TPSA) is 89.0 Å². The lowest BCUT2D eigenvalue weighted by molar-refractivity contribution is -0.132. The lowest BCUT2D eigenvalue weighted by atomic mass is 9.95. The molecule has 1 saturated heterocycles. The molecule has 1 aromatic heterocycles. The van der Waals surface area contributed by atoms with E-state index in [1.807, 2.05) is 13.8 Å². The first kappa shape index (κ1) is 22.5. The Hall–Kier alpha value is -3.72. The molecule has 2 heterocycles. The Kier molecular flexibility index (Phi) is 5.90. The molecule has 1 unspecified atom stereocenters. The number of amides is 1. The van der Waals surface area contributed by atoms with E-state index in [0.717, 1.165) is 10.6 Å². The predicted molar refractivity (Wildman–Crippen MR) is 122 cm³/mol. The van der Waals surface area contributed by atoms with Crippen LogP contribution in [0.3, 0.4) is 0 Å². The van der Waals surface area contributed by atoms with E-state index < -0.39 is 29.3 Å². The fourth-order valence-corrected chi connectivity index (χ4v) is 4.63. The molecule has 33 heavy (non-hydrogen) atoms. The Bertz CT molecular complexity index is 1260. The number of aliphatic hydroxyl groups excluding tert-OH is 1. The van der Waals surface area contributed by atoms with Gasteiger partial charge in [0.15, 0.2) is 16.6 Å². The van der Waals surface area contributed by atoms with Crippen molar-refractivity contribution in [3.63, 3.8) is 0 Å². The summed E-state index contributed by atoms with van der Waals surface area (Å²) in [4.78, 5) is 33.0. The number of carbonyl (C=O) groups excluding carboxylic acids is 2. The molecule has 0 aliphatic carbocycles. The van der Waals surface area contributed by atoms with E-state index in [1.54, 1.807) is 18.2 Å². The third kappa shape index (κ3) is 3.84. The number of carbonyl (C=O) groups is 2. The van der Waals surface area contributed by atoms with Crippen LogP contribution >= 0.6 is 11.3 Å².